The van der Waals surface area contributed by atoms with Crippen molar-refractivity contribution >= 4 is 0 Å². The molecule has 1 saturated heterocycles. The summed E-state index contributed by atoms with van der Waals surface area (Å²) in [5.41, 5.74) is 0. The van der Waals surface area contributed by atoms with Crippen LogP contribution < -0.4 is 5.32 Å². The second-order valence-corrected chi connectivity index (χ2v) is 3.04. The van der Waals surface area contributed by atoms with E-state index >= 15 is 0 Å². The van der Waals surface area contributed by atoms with Gasteiger partial charge in [0, 0.05) is 13.7 Å². The van der Waals surface area contributed by atoms with Crippen LogP contribution in [-0.2, 0) is 4.74 Å². The van der Waals surface area contributed by atoms with Gasteiger partial charge in [0.2, 0.25) is 0 Å². The summed E-state index contributed by atoms with van der Waals surface area (Å²) in [5, 5.41) is 3.38. The summed E-state index contributed by atoms with van der Waals surface area (Å²) in [6, 6.07) is 0. The van der Waals surface area contributed by atoms with E-state index in [0.717, 1.165) is 25.0 Å². The summed E-state index contributed by atoms with van der Waals surface area (Å²) in [5.74, 6) is 1.61. The lowest BCUT2D eigenvalue weighted by Gasteiger charge is -2.14. The minimum absolute atomic E-state index is 0.759. The molecule has 0 aromatic carbocycles. The van der Waals surface area contributed by atoms with Gasteiger partial charge in [-0.05, 0) is 18.4 Å². The summed E-state index contributed by atoms with van der Waals surface area (Å²) in [4.78, 5) is 0. The number of ether oxygens (including phenoxy) is 1. The molecule has 0 amide bonds. The Labute approximate surface area is 63.0 Å². The van der Waals surface area contributed by atoms with Crippen LogP contribution in [0.4, 0.5) is 0 Å². The molecule has 1 N–H and O–H groups in total. The van der Waals surface area contributed by atoms with Crippen molar-refractivity contribution in [2.75, 3.05) is 26.8 Å². The molecule has 2 unspecified atom stereocenters. The van der Waals surface area contributed by atoms with Crippen molar-refractivity contribution in [2.45, 2.75) is 13.3 Å². The largest absolute Gasteiger partial charge is 0.384 e. The van der Waals surface area contributed by atoms with E-state index in [2.05, 4.69) is 12.2 Å². The molecule has 60 valence electrons. The van der Waals surface area contributed by atoms with Crippen molar-refractivity contribution in [1.29, 1.82) is 0 Å². The molecule has 1 aliphatic heterocycles. The van der Waals surface area contributed by atoms with Crippen molar-refractivity contribution in [3.05, 3.63) is 0 Å². The Morgan fingerprint density at radius 3 is 2.70 bits per heavy atom. The first-order chi connectivity index (χ1) is 4.88. The van der Waals surface area contributed by atoms with E-state index < -0.39 is 0 Å². The zero-order valence-electron chi connectivity index (χ0n) is 6.89. The molecule has 0 spiro atoms. The molecule has 0 aromatic heterocycles. The maximum absolute atomic E-state index is 5.12. The van der Waals surface area contributed by atoms with Crippen molar-refractivity contribution in [3.63, 3.8) is 0 Å². The maximum Gasteiger partial charge on any atom is 0.0505 e. The van der Waals surface area contributed by atoms with Crippen molar-refractivity contribution in [2.24, 2.45) is 11.8 Å². The van der Waals surface area contributed by atoms with Crippen molar-refractivity contribution in [1.82, 2.24) is 5.32 Å². The minimum atomic E-state index is 0.759. The van der Waals surface area contributed by atoms with Crippen LogP contribution in [0, 0.1) is 11.8 Å². The Kier molecular flexibility index (Phi) is 3.16. The first kappa shape index (κ1) is 8.02. The molecule has 1 rings (SSSR count). The fourth-order valence-electron chi connectivity index (χ4n) is 1.67. The predicted molar refractivity (Wildman–Crippen MR) is 42.0 cm³/mol. The average molecular weight is 143 g/mol. The van der Waals surface area contributed by atoms with Crippen LogP contribution in [0.2, 0.25) is 0 Å². The van der Waals surface area contributed by atoms with Crippen LogP contribution in [-0.4, -0.2) is 26.8 Å². The van der Waals surface area contributed by atoms with Crippen LogP contribution in [0.15, 0.2) is 0 Å². The minimum Gasteiger partial charge on any atom is -0.384 e. The third-order valence-electron chi connectivity index (χ3n) is 2.38. The topological polar surface area (TPSA) is 21.3 Å². The lowest BCUT2D eigenvalue weighted by atomic mass is 9.95. The molecular formula is C8H17NO. The quantitative estimate of drug-likeness (QED) is 0.633. The summed E-state index contributed by atoms with van der Waals surface area (Å²) >= 11 is 0. The van der Waals surface area contributed by atoms with Gasteiger partial charge in [-0.15, -0.1) is 0 Å². The van der Waals surface area contributed by atoms with Gasteiger partial charge >= 0.3 is 0 Å². The van der Waals surface area contributed by atoms with Crippen LogP contribution >= 0.6 is 0 Å². The maximum atomic E-state index is 5.12. The molecule has 0 saturated carbocycles. The monoisotopic (exact) mass is 143 g/mol. The second kappa shape index (κ2) is 3.94. The van der Waals surface area contributed by atoms with Gasteiger partial charge in [0.15, 0.2) is 0 Å². The van der Waals surface area contributed by atoms with E-state index in [-0.39, 0.29) is 0 Å². The number of nitrogens with one attached hydrogen (secondary N) is 1. The van der Waals surface area contributed by atoms with E-state index in [4.69, 9.17) is 4.74 Å². The van der Waals surface area contributed by atoms with E-state index in [1.807, 2.05) is 0 Å². The molecular weight excluding hydrogens is 126 g/mol. The molecule has 2 heteroatoms. The molecule has 1 fully saturated rings. The Hall–Kier alpha value is -0.0800. The summed E-state index contributed by atoms with van der Waals surface area (Å²) in [6.45, 7) is 5.50. The molecule has 1 aliphatic rings. The molecule has 0 aromatic rings. The number of rotatable bonds is 3. The number of hydrogen-bond donors (Lipinski definition) is 1. The zero-order chi connectivity index (χ0) is 7.40. The Morgan fingerprint density at radius 2 is 2.10 bits per heavy atom. The zero-order valence-corrected chi connectivity index (χ0v) is 6.89. The van der Waals surface area contributed by atoms with Gasteiger partial charge in [-0.3, -0.25) is 0 Å². The van der Waals surface area contributed by atoms with Crippen LogP contribution in [0.3, 0.4) is 0 Å². The highest BCUT2D eigenvalue weighted by Gasteiger charge is 2.24. The third-order valence-corrected chi connectivity index (χ3v) is 2.38. The van der Waals surface area contributed by atoms with Crippen LogP contribution in [0.1, 0.15) is 13.3 Å². The highest BCUT2D eigenvalue weighted by molar-refractivity contribution is 4.79. The Morgan fingerprint density at radius 1 is 1.40 bits per heavy atom. The Balaban J connectivity index is 2.27. The highest BCUT2D eigenvalue weighted by atomic mass is 16.5. The molecule has 0 aliphatic carbocycles. The van der Waals surface area contributed by atoms with Gasteiger partial charge in [-0.2, -0.15) is 0 Å². The van der Waals surface area contributed by atoms with Gasteiger partial charge in [0.1, 0.15) is 0 Å². The lowest BCUT2D eigenvalue weighted by molar-refractivity contribution is 0.139. The standard InChI is InChI=1S/C8H17NO/c1-3-7-4-9-5-8(7)6-10-2/h7-9H,3-6H2,1-2H3. The van der Waals surface area contributed by atoms with E-state index in [9.17, 15) is 0 Å². The summed E-state index contributed by atoms with van der Waals surface area (Å²) in [7, 11) is 1.78. The SMILES string of the molecule is CCC1CNCC1COC. The number of methoxy groups -OCH3 is 1. The van der Waals surface area contributed by atoms with E-state index in [1.54, 1.807) is 7.11 Å². The molecule has 2 nitrogen and oxygen atoms in total. The second-order valence-electron chi connectivity index (χ2n) is 3.04. The van der Waals surface area contributed by atoms with Gasteiger partial charge in [-0.25, -0.2) is 0 Å². The molecule has 10 heavy (non-hydrogen) atoms. The van der Waals surface area contributed by atoms with E-state index in [1.165, 1.54) is 13.0 Å². The highest BCUT2D eigenvalue weighted by Crippen LogP contribution is 2.19. The first-order valence-electron chi connectivity index (χ1n) is 4.08. The number of hydrogen-bond acceptors (Lipinski definition) is 2. The van der Waals surface area contributed by atoms with Crippen LogP contribution in [0.5, 0.6) is 0 Å². The summed E-state index contributed by atoms with van der Waals surface area (Å²) < 4.78 is 5.12. The Bertz CT molecular complexity index is 95.3. The van der Waals surface area contributed by atoms with Crippen LogP contribution in [0.25, 0.3) is 0 Å². The van der Waals surface area contributed by atoms with Gasteiger partial charge in [0.25, 0.3) is 0 Å². The fraction of sp³-hybridized carbons (Fsp3) is 1.00. The van der Waals surface area contributed by atoms with Gasteiger partial charge in [-0.1, -0.05) is 13.3 Å². The smallest absolute Gasteiger partial charge is 0.0505 e. The van der Waals surface area contributed by atoms with Crippen molar-refractivity contribution in [3.8, 4) is 0 Å². The predicted octanol–water partition coefficient (Wildman–Crippen LogP) is 0.878. The average Bonchev–Trinajstić information content (AvgIpc) is 2.36. The molecule has 0 radical (unpaired) electrons. The fourth-order valence-corrected chi connectivity index (χ4v) is 1.67. The third kappa shape index (κ3) is 1.70. The molecule has 0 bridgehead atoms. The normalized spacial score (nSPS) is 33.0. The first-order valence-corrected chi connectivity index (χ1v) is 4.08. The van der Waals surface area contributed by atoms with Gasteiger partial charge < -0.3 is 10.1 Å². The summed E-state index contributed by atoms with van der Waals surface area (Å²) in [6.07, 6.45) is 1.28. The van der Waals surface area contributed by atoms with Gasteiger partial charge in [0.05, 0.1) is 6.61 Å². The van der Waals surface area contributed by atoms with Crippen molar-refractivity contribution < 1.29 is 4.74 Å². The molecule has 1 heterocycles. The lowest BCUT2D eigenvalue weighted by Crippen LogP contribution is -2.16. The van der Waals surface area contributed by atoms with E-state index in [0.29, 0.717) is 0 Å². The molecule has 2 atom stereocenters.